The second kappa shape index (κ2) is 8.33. The number of aryl methyl sites for hydroxylation is 1. The average molecular weight is 340 g/mol. The Balaban J connectivity index is 2.18. The van der Waals surface area contributed by atoms with E-state index in [1.165, 1.54) is 4.90 Å². The molecule has 0 fully saturated rings. The zero-order chi connectivity index (χ0) is 18.4. The second-order valence-corrected chi connectivity index (χ2v) is 6.01. The van der Waals surface area contributed by atoms with Crippen LogP contribution in [0.15, 0.2) is 48.5 Å². The number of para-hydroxylation sites is 2. The molecule has 1 N–H and O–H groups in total. The van der Waals surface area contributed by atoms with Gasteiger partial charge >= 0.3 is 0 Å². The maximum Gasteiger partial charge on any atom is 0.265 e. The van der Waals surface area contributed by atoms with Gasteiger partial charge in [0.05, 0.1) is 11.3 Å². The molecular formula is C20H24N2O3. The molecule has 0 bridgehead atoms. The zero-order valence-corrected chi connectivity index (χ0v) is 15.1. The molecule has 25 heavy (non-hydrogen) atoms. The molecule has 0 aromatic heterocycles. The van der Waals surface area contributed by atoms with Gasteiger partial charge in [-0.1, -0.05) is 37.3 Å². The van der Waals surface area contributed by atoms with Crippen LogP contribution in [-0.2, 0) is 4.79 Å². The number of nitrogens with zero attached hydrogens (tertiary/aromatic N) is 1. The molecule has 132 valence electrons. The fraction of sp³-hybridized carbons (Fsp3) is 0.300. The molecule has 5 nitrogen and oxygen atoms in total. The predicted molar refractivity (Wildman–Crippen MR) is 99.0 cm³/mol. The van der Waals surface area contributed by atoms with E-state index in [1.807, 2.05) is 38.1 Å². The summed E-state index contributed by atoms with van der Waals surface area (Å²) in [5.74, 6) is 0.246. The molecule has 2 amide bonds. The van der Waals surface area contributed by atoms with Crippen LogP contribution >= 0.6 is 0 Å². The van der Waals surface area contributed by atoms with Crippen molar-refractivity contribution in [2.75, 3.05) is 19.4 Å². The number of nitrogens with one attached hydrogen (secondary N) is 1. The van der Waals surface area contributed by atoms with Gasteiger partial charge in [-0.2, -0.15) is 0 Å². The van der Waals surface area contributed by atoms with Crippen molar-refractivity contribution in [2.24, 2.45) is 0 Å². The van der Waals surface area contributed by atoms with Gasteiger partial charge in [0.2, 0.25) is 0 Å². The molecule has 0 saturated heterocycles. The van der Waals surface area contributed by atoms with Gasteiger partial charge in [0, 0.05) is 14.1 Å². The first-order chi connectivity index (χ1) is 11.9. The molecule has 0 heterocycles. The number of carbonyl (C=O) groups excluding carboxylic acids is 2. The van der Waals surface area contributed by atoms with E-state index < -0.39 is 6.10 Å². The quantitative estimate of drug-likeness (QED) is 0.876. The van der Waals surface area contributed by atoms with Crippen molar-refractivity contribution in [3.8, 4) is 5.75 Å². The summed E-state index contributed by atoms with van der Waals surface area (Å²) in [6.07, 6.45) is -0.118. The Morgan fingerprint density at radius 1 is 1.08 bits per heavy atom. The van der Waals surface area contributed by atoms with E-state index in [9.17, 15) is 9.59 Å². The van der Waals surface area contributed by atoms with Crippen LogP contribution in [0.2, 0.25) is 0 Å². The summed E-state index contributed by atoms with van der Waals surface area (Å²) in [4.78, 5) is 26.4. The van der Waals surface area contributed by atoms with Gasteiger partial charge in [0.25, 0.3) is 11.8 Å². The third-order valence-corrected chi connectivity index (χ3v) is 3.85. The highest BCUT2D eigenvalue weighted by Gasteiger charge is 2.21. The number of carbonyl (C=O) groups is 2. The summed E-state index contributed by atoms with van der Waals surface area (Å²) in [7, 11) is 3.36. The van der Waals surface area contributed by atoms with E-state index in [1.54, 1.807) is 38.4 Å². The fourth-order valence-electron chi connectivity index (χ4n) is 2.40. The highest BCUT2D eigenvalue weighted by atomic mass is 16.5. The molecule has 5 heteroatoms. The van der Waals surface area contributed by atoms with Crippen molar-refractivity contribution in [3.05, 3.63) is 59.7 Å². The molecule has 0 aliphatic rings. The Bertz CT molecular complexity index is 756. The van der Waals surface area contributed by atoms with E-state index >= 15 is 0 Å². The third-order valence-electron chi connectivity index (χ3n) is 3.85. The molecular weight excluding hydrogens is 316 g/mol. The van der Waals surface area contributed by atoms with Crippen LogP contribution in [0.5, 0.6) is 5.75 Å². The molecule has 0 unspecified atom stereocenters. The Morgan fingerprint density at radius 2 is 1.72 bits per heavy atom. The zero-order valence-electron chi connectivity index (χ0n) is 15.1. The highest BCUT2D eigenvalue weighted by molar-refractivity contribution is 6.04. The van der Waals surface area contributed by atoms with Crippen LogP contribution in [0.4, 0.5) is 5.69 Å². The van der Waals surface area contributed by atoms with E-state index in [0.29, 0.717) is 23.4 Å². The molecule has 0 spiro atoms. The van der Waals surface area contributed by atoms with Crippen molar-refractivity contribution in [2.45, 2.75) is 26.4 Å². The van der Waals surface area contributed by atoms with E-state index in [-0.39, 0.29) is 11.8 Å². The standard InChI is InChI=1S/C20H24N2O3/c1-5-17(25-18-13-9-6-10-14(18)2)19(23)21-16-12-8-7-11-15(16)20(24)22(3)4/h6-13,17H,5H2,1-4H3,(H,21,23)/t17-/m1/s1. The largest absolute Gasteiger partial charge is 0.480 e. The van der Waals surface area contributed by atoms with Crippen molar-refractivity contribution in [1.82, 2.24) is 4.90 Å². The molecule has 0 aliphatic carbocycles. The minimum absolute atomic E-state index is 0.163. The average Bonchev–Trinajstić information content (AvgIpc) is 2.60. The Kier molecular flexibility index (Phi) is 6.17. The predicted octanol–water partition coefficient (Wildman–Crippen LogP) is 3.49. The number of rotatable bonds is 6. The highest BCUT2D eigenvalue weighted by Crippen LogP contribution is 2.21. The Labute approximate surface area is 148 Å². The van der Waals surface area contributed by atoms with Crippen molar-refractivity contribution < 1.29 is 14.3 Å². The summed E-state index contributed by atoms with van der Waals surface area (Å²) >= 11 is 0. The minimum Gasteiger partial charge on any atom is -0.480 e. The maximum atomic E-state index is 12.6. The van der Waals surface area contributed by atoms with Crippen LogP contribution in [0, 0.1) is 6.92 Å². The molecule has 2 rings (SSSR count). The van der Waals surface area contributed by atoms with Crippen molar-refractivity contribution >= 4 is 17.5 Å². The third kappa shape index (κ3) is 4.59. The van der Waals surface area contributed by atoms with Crippen LogP contribution in [0.25, 0.3) is 0 Å². The normalized spacial score (nSPS) is 11.5. The lowest BCUT2D eigenvalue weighted by Gasteiger charge is -2.20. The molecule has 2 aromatic rings. The van der Waals surface area contributed by atoms with Crippen LogP contribution < -0.4 is 10.1 Å². The first-order valence-corrected chi connectivity index (χ1v) is 8.27. The van der Waals surface area contributed by atoms with E-state index in [4.69, 9.17) is 4.74 Å². The van der Waals surface area contributed by atoms with E-state index in [2.05, 4.69) is 5.32 Å². The van der Waals surface area contributed by atoms with Gasteiger partial charge < -0.3 is 15.0 Å². The van der Waals surface area contributed by atoms with Gasteiger partial charge in [-0.25, -0.2) is 0 Å². The van der Waals surface area contributed by atoms with Gasteiger partial charge in [-0.15, -0.1) is 0 Å². The first-order valence-electron chi connectivity index (χ1n) is 8.27. The van der Waals surface area contributed by atoms with E-state index in [0.717, 1.165) is 5.56 Å². The lowest BCUT2D eigenvalue weighted by atomic mass is 10.1. The number of benzene rings is 2. The number of anilines is 1. The Hall–Kier alpha value is -2.82. The summed E-state index contributed by atoms with van der Waals surface area (Å²) in [6, 6.07) is 14.5. The lowest BCUT2D eigenvalue weighted by molar-refractivity contribution is -0.122. The fourth-order valence-corrected chi connectivity index (χ4v) is 2.40. The molecule has 2 aromatic carbocycles. The maximum absolute atomic E-state index is 12.6. The van der Waals surface area contributed by atoms with Gasteiger partial charge in [0.1, 0.15) is 5.75 Å². The number of hydrogen-bond donors (Lipinski definition) is 1. The Morgan fingerprint density at radius 3 is 2.36 bits per heavy atom. The van der Waals surface area contributed by atoms with Gasteiger partial charge in [-0.05, 0) is 37.1 Å². The number of hydrogen-bond acceptors (Lipinski definition) is 3. The van der Waals surface area contributed by atoms with Crippen molar-refractivity contribution in [3.63, 3.8) is 0 Å². The topological polar surface area (TPSA) is 58.6 Å². The molecule has 0 saturated carbocycles. The van der Waals surface area contributed by atoms with Crippen molar-refractivity contribution in [1.29, 1.82) is 0 Å². The number of ether oxygens (including phenoxy) is 1. The van der Waals surface area contributed by atoms with Crippen LogP contribution in [0.3, 0.4) is 0 Å². The summed E-state index contributed by atoms with van der Waals surface area (Å²) in [6.45, 7) is 3.82. The minimum atomic E-state index is -0.636. The van der Waals surface area contributed by atoms with Crippen LogP contribution in [0.1, 0.15) is 29.3 Å². The molecule has 0 radical (unpaired) electrons. The van der Waals surface area contributed by atoms with Gasteiger partial charge in [0.15, 0.2) is 6.10 Å². The van der Waals surface area contributed by atoms with Crippen LogP contribution in [-0.4, -0.2) is 36.9 Å². The smallest absolute Gasteiger partial charge is 0.265 e. The second-order valence-electron chi connectivity index (χ2n) is 6.01. The number of amides is 2. The summed E-state index contributed by atoms with van der Waals surface area (Å²) in [5, 5.41) is 2.83. The molecule has 0 aliphatic heterocycles. The SMILES string of the molecule is CC[C@@H](Oc1ccccc1C)C(=O)Nc1ccccc1C(=O)N(C)C. The molecule has 1 atom stereocenters. The summed E-state index contributed by atoms with van der Waals surface area (Å²) in [5.41, 5.74) is 1.90. The summed E-state index contributed by atoms with van der Waals surface area (Å²) < 4.78 is 5.87. The van der Waals surface area contributed by atoms with Gasteiger partial charge in [-0.3, -0.25) is 9.59 Å². The first kappa shape index (κ1) is 18.5. The monoisotopic (exact) mass is 340 g/mol. The lowest BCUT2D eigenvalue weighted by Crippen LogP contribution is -2.33.